The minimum atomic E-state index is -0.556. The molecule has 0 saturated carbocycles. The molecule has 2 N–H and O–H groups in total. The molecule has 3 amide bonds. The highest BCUT2D eigenvalue weighted by molar-refractivity contribution is 5.95. The van der Waals surface area contributed by atoms with Crippen LogP contribution in [-0.2, 0) is 20.8 Å². The van der Waals surface area contributed by atoms with Crippen molar-refractivity contribution in [1.29, 1.82) is 0 Å². The molecule has 0 bridgehead atoms. The van der Waals surface area contributed by atoms with Crippen LogP contribution in [0.1, 0.15) is 32.8 Å². The minimum Gasteiger partial charge on any atom is -0.480 e. The average Bonchev–Trinajstić information content (AvgIpc) is 3.38. The van der Waals surface area contributed by atoms with E-state index in [1.54, 1.807) is 25.2 Å². The number of hydrogen-bond acceptors (Lipinski definition) is 10. The lowest BCUT2D eigenvalue weighted by atomic mass is 10.1. The fraction of sp³-hybridized carbons (Fsp3) is 0.406. The van der Waals surface area contributed by atoms with Crippen LogP contribution in [0.2, 0.25) is 0 Å². The third-order valence-corrected chi connectivity index (χ3v) is 6.91. The second-order valence-corrected chi connectivity index (χ2v) is 11.7. The Labute approximate surface area is 261 Å². The lowest BCUT2D eigenvalue weighted by Gasteiger charge is -2.24. The van der Waals surface area contributed by atoms with E-state index in [9.17, 15) is 14.4 Å². The lowest BCUT2D eigenvalue weighted by Crippen LogP contribution is -2.36. The summed E-state index contributed by atoms with van der Waals surface area (Å²) < 4.78 is 22.1. The number of cyclic esters (lactones) is 1. The Bertz CT molecular complexity index is 1540. The van der Waals surface area contributed by atoms with E-state index < -0.39 is 17.8 Å². The van der Waals surface area contributed by atoms with Crippen molar-refractivity contribution in [2.24, 2.45) is 0 Å². The Balaban J connectivity index is 1.07. The van der Waals surface area contributed by atoms with E-state index in [1.807, 2.05) is 51.1 Å². The lowest BCUT2D eigenvalue weighted by molar-refractivity contribution is -0.118. The topological polar surface area (TPSA) is 144 Å². The van der Waals surface area contributed by atoms with Crippen molar-refractivity contribution in [2.45, 2.75) is 45.4 Å². The first-order chi connectivity index (χ1) is 21.5. The zero-order valence-corrected chi connectivity index (χ0v) is 25.9. The maximum atomic E-state index is 12.5. The highest BCUT2D eigenvalue weighted by atomic mass is 16.6. The molecule has 4 heterocycles. The van der Waals surface area contributed by atoms with Crippen LogP contribution in [-0.4, -0.2) is 84.6 Å². The number of anilines is 2. The van der Waals surface area contributed by atoms with E-state index in [2.05, 4.69) is 26.7 Å². The molecule has 2 aliphatic rings. The minimum absolute atomic E-state index is 0.0593. The smallest absolute Gasteiger partial charge is 0.415 e. The fourth-order valence-corrected chi connectivity index (χ4v) is 4.67. The molecule has 0 aliphatic carbocycles. The predicted molar refractivity (Wildman–Crippen MR) is 166 cm³/mol. The van der Waals surface area contributed by atoms with E-state index in [0.717, 1.165) is 16.8 Å². The van der Waals surface area contributed by atoms with Gasteiger partial charge in [0.15, 0.2) is 18.2 Å². The second kappa shape index (κ2) is 13.8. The van der Waals surface area contributed by atoms with Crippen LogP contribution in [0.3, 0.4) is 0 Å². The Hall–Kier alpha value is -4.91. The highest BCUT2D eigenvalue weighted by Crippen LogP contribution is 2.30. The van der Waals surface area contributed by atoms with E-state index in [0.29, 0.717) is 55.9 Å². The first-order valence-corrected chi connectivity index (χ1v) is 14.8. The van der Waals surface area contributed by atoms with E-state index in [-0.39, 0.29) is 25.2 Å². The summed E-state index contributed by atoms with van der Waals surface area (Å²) >= 11 is 0. The summed E-state index contributed by atoms with van der Waals surface area (Å²) in [6.45, 7) is 7.68. The summed E-state index contributed by atoms with van der Waals surface area (Å²) in [6, 6.07) is 17.0. The maximum Gasteiger partial charge on any atom is 0.415 e. The summed E-state index contributed by atoms with van der Waals surface area (Å²) in [7, 11) is 1.67. The summed E-state index contributed by atoms with van der Waals surface area (Å²) in [5, 5.41) is 6.07. The van der Waals surface area contributed by atoms with Gasteiger partial charge in [0.2, 0.25) is 5.88 Å². The highest BCUT2D eigenvalue weighted by Gasteiger charge is 2.33. The molecule has 1 aromatic carbocycles. The van der Waals surface area contributed by atoms with Crippen LogP contribution in [0, 0.1) is 0 Å². The van der Waals surface area contributed by atoms with Crippen molar-refractivity contribution in [3.63, 3.8) is 0 Å². The maximum absolute atomic E-state index is 12.5. The van der Waals surface area contributed by atoms with Gasteiger partial charge in [-0.3, -0.25) is 9.69 Å². The monoisotopic (exact) mass is 618 g/mol. The van der Waals surface area contributed by atoms with Gasteiger partial charge in [-0.2, -0.15) is 0 Å². The first-order valence-electron chi connectivity index (χ1n) is 14.8. The molecule has 2 aliphatic heterocycles. The largest absolute Gasteiger partial charge is 0.480 e. The number of amides is 3. The number of aromatic nitrogens is 2. The van der Waals surface area contributed by atoms with Crippen molar-refractivity contribution < 1.29 is 33.3 Å². The summed E-state index contributed by atoms with van der Waals surface area (Å²) in [5.41, 5.74) is 2.24. The zero-order chi connectivity index (χ0) is 32.0. The summed E-state index contributed by atoms with van der Waals surface area (Å²) in [6.07, 6.45) is -0.551. The number of pyridine rings is 2. The second-order valence-electron chi connectivity index (χ2n) is 11.7. The summed E-state index contributed by atoms with van der Waals surface area (Å²) in [4.78, 5) is 48.2. The normalized spacial score (nSPS) is 15.9. The summed E-state index contributed by atoms with van der Waals surface area (Å²) in [5.74, 6) is 1.33. The number of fused-ring (bicyclic) bond motifs is 1. The molecule has 5 rings (SSSR count). The molecule has 13 heteroatoms. The average molecular weight is 619 g/mol. The Morgan fingerprint density at radius 3 is 2.78 bits per heavy atom. The van der Waals surface area contributed by atoms with Gasteiger partial charge in [-0.25, -0.2) is 19.6 Å². The van der Waals surface area contributed by atoms with E-state index in [4.69, 9.17) is 18.9 Å². The Kier molecular flexibility index (Phi) is 9.67. The van der Waals surface area contributed by atoms with Crippen LogP contribution in [0.15, 0.2) is 54.6 Å². The molecule has 45 heavy (non-hydrogen) atoms. The van der Waals surface area contributed by atoms with Crippen molar-refractivity contribution in [2.75, 3.05) is 50.1 Å². The van der Waals surface area contributed by atoms with E-state index >= 15 is 0 Å². The number of carbonyl (C=O) groups excluding carboxylic acids is 3. The van der Waals surface area contributed by atoms with Gasteiger partial charge in [0.25, 0.3) is 5.91 Å². The number of ether oxygens (including phenoxy) is 4. The van der Waals surface area contributed by atoms with Gasteiger partial charge in [-0.15, -0.1) is 0 Å². The molecule has 1 saturated heterocycles. The third-order valence-electron chi connectivity index (χ3n) is 6.91. The molecule has 238 valence electrons. The number of rotatable bonds is 11. The van der Waals surface area contributed by atoms with Gasteiger partial charge in [0.1, 0.15) is 24.1 Å². The molecule has 0 unspecified atom stereocenters. The molecule has 0 radical (unpaired) electrons. The molecule has 3 aromatic rings. The quantitative estimate of drug-likeness (QED) is 0.300. The standard InChI is InChI=1S/C32H38N6O7/c1-32(2,3)45-30(40)37(4)15-16-42-28-10-6-9-24(34-28)22-8-5-7-21(17-22)18-33-14-13-23-19-38(31(41)44-23)26-12-11-25-29(35-26)36-27(39)20-43-25/h5-12,17,23,33H,13-16,18-20H2,1-4H3,(H,35,36,39)/t23-/m0/s1. The molecule has 13 nitrogen and oxygen atoms in total. The van der Waals surface area contributed by atoms with Gasteiger partial charge >= 0.3 is 12.2 Å². The van der Waals surface area contributed by atoms with Crippen LogP contribution in [0.4, 0.5) is 21.2 Å². The number of nitrogens with zero attached hydrogens (tertiary/aromatic N) is 4. The Morgan fingerprint density at radius 1 is 1.13 bits per heavy atom. The Morgan fingerprint density at radius 2 is 1.96 bits per heavy atom. The molecular weight excluding hydrogens is 580 g/mol. The zero-order valence-electron chi connectivity index (χ0n) is 25.9. The predicted octanol–water partition coefficient (Wildman–Crippen LogP) is 4.23. The first kappa shape index (κ1) is 31.5. The molecule has 1 atom stereocenters. The number of benzene rings is 1. The third kappa shape index (κ3) is 8.60. The van der Waals surface area contributed by atoms with Gasteiger partial charge < -0.3 is 34.5 Å². The number of likely N-dealkylation sites (N-methyl/N-ethyl adjacent to an activating group) is 1. The van der Waals surface area contributed by atoms with Crippen LogP contribution < -0.4 is 25.0 Å². The van der Waals surface area contributed by atoms with Gasteiger partial charge in [-0.05, 0) is 63.6 Å². The molecule has 0 spiro atoms. The van der Waals surface area contributed by atoms with Crippen LogP contribution in [0.5, 0.6) is 11.6 Å². The van der Waals surface area contributed by atoms with Crippen molar-refractivity contribution in [3.05, 3.63) is 60.2 Å². The van der Waals surface area contributed by atoms with Crippen LogP contribution >= 0.6 is 0 Å². The van der Waals surface area contributed by atoms with Gasteiger partial charge in [0.05, 0.1) is 18.8 Å². The number of hydrogen-bond donors (Lipinski definition) is 2. The van der Waals surface area contributed by atoms with Gasteiger partial charge in [-0.1, -0.05) is 24.3 Å². The van der Waals surface area contributed by atoms with Crippen molar-refractivity contribution in [3.8, 4) is 22.9 Å². The van der Waals surface area contributed by atoms with Gasteiger partial charge in [0, 0.05) is 25.2 Å². The molecule has 1 fully saturated rings. The molecular formula is C32H38N6O7. The van der Waals surface area contributed by atoms with Crippen LogP contribution in [0.25, 0.3) is 11.3 Å². The fourth-order valence-electron chi connectivity index (χ4n) is 4.67. The van der Waals surface area contributed by atoms with E-state index in [1.165, 1.54) is 9.80 Å². The number of carbonyl (C=O) groups is 3. The number of nitrogens with one attached hydrogen (secondary N) is 2. The SMILES string of the molecule is CN(CCOc1cccc(-c2cccc(CNCC[C@H]3CN(c4ccc5c(n4)NC(=O)CO5)C(=O)O3)c2)n1)C(=O)OC(C)(C)C. The molecule has 2 aromatic heterocycles. The van der Waals surface area contributed by atoms with Crippen molar-refractivity contribution >= 4 is 29.7 Å². The van der Waals surface area contributed by atoms with Crippen molar-refractivity contribution in [1.82, 2.24) is 20.2 Å².